The van der Waals surface area contributed by atoms with E-state index >= 15 is 0 Å². The highest BCUT2D eigenvalue weighted by atomic mass is 32.1. The molecule has 0 aliphatic rings. The Kier molecular flexibility index (Phi) is 7.44. The first kappa shape index (κ1) is 19.4. The summed E-state index contributed by atoms with van der Waals surface area (Å²) in [6.07, 6.45) is 2.07. The fraction of sp³-hybridized carbons (Fsp3) is 0.500. The van der Waals surface area contributed by atoms with Crippen molar-refractivity contribution in [1.82, 2.24) is 15.6 Å². The predicted octanol–water partition coefficient (Wildman–Crippen LogP) is 3.92. The molecule has 0 aliphatic carbocycles. The molecule has 25 heavy (non-hydrogen) atoms. The first-order valence-electron chi connectivity index (χ1n) is 9.00. The minimum Gasteiger partial charge on any atom is -0.357 e. The molecule has 0 atom stereocenters. The Balaban J connectivity index is 1.85. The summed E-state index contributed by atoms with van der Waals surface area (Å²) in [4.78, 5) is 9.30. The molecular weight excluding hydrogens is 328 g/mol. The van der Waals surface area contributed by atoms with E-state index in [4.69, 9.17) is 4.99 Å². The fourth-order valence-corrected chi connectivity index (χ4v) is 3.38. The van der Waals surface area contributed by atoms with E-state index in [1.54, 1.807) is 11.3 Å². The summed E-state index contributed by atoms with van der Waals surface area (Å²) < 4.78 is 0. The van der Waals surface area contributed by atoms with Crippen LogP contribution in [0.1, 0.15) is 43.5 Å². The molecule has 2 rings (SSSR count). The second kappa shape index (κ2) is 9.56. The highest BCUT2D eigenvalue weighted by Gasteiger charge is 2.19. The molecule has 0 unspecified atom stereocenters. The largest absolute Gasteiger partial charge is 0.357 e. The normalized spacial score (nSPS) is 12.2. The predicted molar refractivity (Wildman–Crippen MR) is 109 cm³/mol. The van der Waals surface area contributed by atoms with Gasteiger partial charge in [0.1, 0.15) is 0 Å². The van der Waals surface area contributed by atoms with Gasteiger partial charge in [0.25, 0.3) is 0 Å². The second-order valence-electron chi connectivity index (χ2n) is 6.86. The molecule has 1 aromatic heterocycles. The van der Waals surface area contributed by atoms with Crippen molar-refractivity contribution in [2.75, 3.05) is 19.6 Å². The molecule has 0 aliphatic heterocycles. The molecule has 0 spiro atoms. The van der Waals surface area contributed by atoms with E-state index in [1.165, 1.54) is 10.6 Å². The summed E-state index contributed by atoms with van der Waals surface area (Å²) in [5.74, 6) is 0.891. The average molecular weight is 359 g/mol. The minimum absolute atomic E-state index is 0.0159. The van der Waals surface area contributed by atoms with Crippen molar-refractivity contribution in [1.29, 1.82) is 0 Å². The molecule has 0 fully saturated rings. The number of hydrogen-bond acceptors (Lipinski definition) is 3. The van der Waals surface area contributed by atoms with Crippen molar-refractivity contribution in [3.05, 3.63) is 52.0 Å². The lowest BCUT2D eigenvalue weighted by atomic mass is 9.85. The number of aliphatic imine (C=N–C) groups is 1. The molecule has 0 radical (unpaired) electrons. The van der Waals surface area contributed by atoms with E-state index < -0.39 is 0 Å². The number of thiazole rings is 1. The molecular formula is C20H30N4S. The van der Waals surface area contributed by atoms with Gasteiger partial charge in [0.15, 0.2) is 5.96 Å². The third-order valence-electron chi connectivity index (χ3n) is 4.06. The van der Waals surface area contributed by atoms with Crippen LogP contribution in [-0.4, -0.2) is 30.6 Å². The molecule has 2 aromatic rings. The summed E-state index contributed by atoms with van der Waals surface area (Å²) in [7, 11) is 0. The minimum atomic E-state index is 0.0159. The van der Waals surface area contributed by atoms with E-state index in [-0.39, 0.29) is 5.41 Å². The van der Waals surface area contributed by atoms with Crippen LogP contribution in [0.4, 0.5) is 0 Å². The van der Waals surface area contributed by atoms with E-state index in [9.17, 15) is 0 Å². The van der Waals surface area contributed by atoms with Crippen LogP contribution in [0, 0.1) is 6.92 Å². The standard InChI is InChI=1S/C20H30N4S/c1-5-21-19(22-13-9-12-18-24-16(2)14-25-18)23-15-20(3,4)17-10-7-6-8-11-17/h6-8,10-11,14H,5,9,12-13,15H2,1-4H3,(H2,21,22,23). The lowest BCUT2D eigenvalue weighted by molar-refractivity contribution is 0.537. The number of guanidine groups is 1. The zero-order valence-electron chi connectivity index (χ0n) is 15.8. The SMILES string of the molecule is CCNC(=NCC(C)(C)c1ccccc1)NCCCc1nc(C)cs1. The van der Waals surface area contributed by atoms with Gasteiger partial charge in [-0.2, -0.15) is 0 Å². The maximum Gasteiger partial charge on any atom is 0.191 e. The van der Waals surface area contributed by atoms with Gasteiger partial charge in [-0.05, 0) is 25.8 Å². The number of aryl methyl sites for hydroxylation is 2. The van der Waals surface area contributed by atoms with Gasteiger partial charge < -0.3 is 10.6 Å². The third-order valence-corrected chi connectivity index (χ3v) is 5.08. The van der Waals surface area contributed by atoms with Crippen LogP contribution in [0.15, 0.2) is 40.7 Å². The number of nitrogens with one attached hydrogen (secondary N) is 2. The van der Waals surface area contributed by atoms with E-state index in [0.717, 1.165) is 44.1 Å². The lowest BCUT2D eigenvalue weighted by Gasteiger charge is -2.24. The number of rotatable bonds is 8. The molecule has 0 amide bonds. The van der Waals surface area contributed by atoms with Crippen LogP contribution in [0.2, 0.25) is 0 Å². The number of aromatic nitrogens is 1. The zero-order valence-corrected chi connectivity index (χ0v) is 16.6. The summed E-state index contributed by atoms with van der Waals surface area (Å²) in [6.45, 7) is 11.1. The number of nitrogens with zero attached hydrogens (tertiary/aromatic N) is 2. The van der Waals surface area contributed by atoms with Crippen LogP contribution in [0.3, 0.4) is 0 Å². The monoisotopic (exact) mass is 358 g/mol. The van der Waals surface area contributed by atoms with Crippen LogP contribution in [0.25, 0.3) is 0 Å². The van der Waals surface area contributed by atoms with Crippen LogP contribution in [0.5, 0.6) is 0 Å². The van der Waals surface area contributed by atoms with Gasteiger partial charge in [-0.15, -0.1) is 11.3 Å². The topological polar surface area (TPSA) is 49.3 Å². The quantitative estimate of drug-likeness (QED) is 0.427. The highest BCUT2D eigenvalue weighted by Crippen LogP contribution is 2.22. The van der Waals surface area contributed by atoms with Crippen LogP contribution >= 0.6 is 11.3 Å². The second-order valence-corrected chi connectivity index (χ2v) is 7.80. The van der Waals surface area contributed by atoms with Crippen LogP contribution in [-0.2, 0) is 11.8 Å². The van der Waals surface area contributed by atoms with E-state index in [2.05, 4.69) is 72.1 Å². The van der Waals surface area contributed by atoms with E-state index in [0.29, 0.717) is 0 Å². The lowest BCUT2D eigenvalue weighted by Crippen LogP contribution is -2.39. The van der Waals surface area contributed by atoms with Gasteiger partial charge in [0.05, 0.1) is 11.6 Å². The first-order chi connectivity index (χ1) is 12.0. The Bertz CT molecular complexity index is 661. The van der Waals surface area contributed by atoms with Crippen LogP contribution < -0.4 is 10.6 Å². The molecule has 0 saturated carbocycles. The van der Waals surface area contributed by atoms with Crippen molar-refractivity contribution < 1.29 is 0 Å². The maximum absolute atomic E-state index is 4.79. The Hall–Kier alpha value is -1.88. The van der Waals surface area contributed by atoms with Crippen molar-refractivity contribution in [3.8, 4) is 0 Å². The zero-order chi connectivity index (χ0) is 18.1. The van der Waals surface area contributed by atoms with Crippen molar-refractivity contribution in [3.63, 3.8) is 0 Å². The van der Waals surface area contributed by atoms with Gasteiger partial charge in [-0.3, -0.25) is 4.99 Å². The summed E-state index contributed by atoms with van der Waals surface area (Å²) in [5, 5.41) is 10.1. The Morgan fingerprint density at radius 1 is 1.20 bits per heavy atom. The summed E-state index contributed by atoms with van der Waals surface area (Å²) >= 11 is 1.75. The van der Waals surface area contributed by atoms with E-state index in [1.807, 2.05) is 6.92 Å². The molecule has 136 valence electrons. The maximum atomic E-state index is 4.79. The fourth-order valence-electron chi connectivity index (χ4n) is 2.56. The smallest absolute Gasteiger partial charge is 0.191 e. The van der Waals surface area contributed by atoms with Crippen molar-refractivity contribution in [2.24, 2.45) is 4.99 Å². The Labute approximate surface area is 155 Å². The molecule has 0 bridgehead atoms. The number of benzene rings is 1. The van der Waals surface area contributed by atoms with Gasteiger partial charge in [-0.1, -0.05) is 44.2 Å². The molecule has 5 heteroatoms. The molecule has 1 heterocycles. The average Bonchev–Trinajstić information content (AvgIpc) is 3.02. The van der Waals surface area contributed by atoms with Crippen molar-refractivity contribution >= 4 is 17.3 Å². The first-order valence-corrected chi connectivity index (χ1v) is 9.88. The van der Waals surface area contributed by atoms with Gasteiger partial charge in [0.2, 0.25) is 0 Å². The van der Waals surface area contributed by atoms with Gasteiger partial charge >= 0.3 is 0 Å². The number of hydrogen-bond donors (Lipinski definition) is 2. The molecule has 0 saturated heterocycles. The summed E-state index contributed by atoms with van der Waals surface area (Å²) in [5.41, 5.74) is 2.45. The molecule has 2 N–H and O–H groups in total. The molecule has 1 aromatic carbocycles. The Morgan fingerprint density at radius 3 is 2.60 bits per heavy atom. The Morgan fingerprint density at radius 2 is 1.96 bits per heavy atom. The summed E-state index contributed by atoms with van der Waals surface area (Å²) in [6, 6.07) is 10.6. The highest BCUT2D eigenvalue weighted by molar-refractivity contribution is 7.09. The molecule has 4 nitrogen and oxygen atoms in total. The van der Waals surface area contributed by atoms with Gasteiger partial charge in [0, 0.05) is 36.0 Å². The van der Waals surface area contributed by atoms with Crippen molar-refractivity contribution in [2.45, 2.75) is 46.0 Å². The van der Waals surface area contributed by atoms with Gasteiger partial charge in [-0.25, -0.2) is 4.98 Å². The third kappa shape index (κ3) is 6.50.